The van der Waals surface area contributed by atoms with Crippen LogP contribution in [0, 0.1) is 0 Å². The minimum absolute atomic E-state index is 0.116. The highest BCUT2D eigenvalue weighted by atomic mass is 16.5. The summed E-state index contributed by atoms with van der Waals surface area (Å²) in [7, 11) is 1.66. The van der Waals surface area contributed by atoms with Gasteiger partial charge >= 0.3 is 0 Å². The van der Waals surface area contributed by atoms with E-state index in [1.54, 1.807) is 25.4 Å². The van der Waals surface area contributed by atoms with Crippen molar-refractivity contribution in [3.63, 3.8) is 0 Å². The Morgan fingerprint density at radius 2 is 2.12 bits per heavy atom. The fourth-order valence-electron chi connectivity index (χ4n) is 2.41. The van der Waals surface area contributed by atoms with Crippen molar-refractivity contribution in [1.29, 1.82) is 0 Å². The summed E-state index contributed by atoms with van der Waals surface area (Å²) in [6.45, 7) is 2.16. The lowest BCUT2D eigenvalue weighted by atomic mass is 10.2. The first kappa shape index (κ1) is 15.9. The maximum atomic E-state index is 12.4. The molecule has 2 aromatic heterocycles. The monoisotopic (exact) mass is 326 g/mol. The number of fused-ring (bicyclic) bond motifs is 1. The molecule has 7 heteroatoms. The van der Waals surface area contributed by atoms with Crippen molar-refractivity contribution in [3.8, 4) is 0 Å². The van der Waals surface area contributed by atoms with Gasteiger partial charge in [0.05, 0.1) is 23.8 Å². The molecule has 1 amide bonds. The van der Waals surface area contributed by atoms with Crippen LogP contribution in [0.25, 0.3) is 10.8 Å². The molecular weight excluding hydrogens is 308 g/mol. The Bertz CT molecular complexity index is 929. The predicted octanol–water partition coefficient (Wildman–Crippen LogP) is 1.61. The molecule has 0 N–H and O–H groups in total. The molecule has 0 radical (unpaired) electrons. The largest absolute Gasteiger partial charge is 0.359 e. The van der Waals surface area contributed by atoms with Gasteiger partial charge in [0.25, 0.3) is 5.56 Å². The third-order valence-corrected chi connectivity index (χ3v) is 3.84. The van der Waals surface area contributed by atoms with E-state index in [1.807, 2.05) is 25.1 Å². The van der Waals surface area contributed by atoms with Crippen LogP contribution in [0.5, 0.6) is 0 Å². The van der Waals surface area contributed by atoms with Crippen LogP contribution in [0.1, 0.15) is 18.4 Å². The number of benzene rings is 1. The predicted molar refractivity (Wildman–Crippen MR) is 88.4 cm³/mol. The minimum Gasteiger partial charge on any atom is -0.359 e. The molecule has 24 heavy (non-hydrogen) atoms. The third-order valence-electron chi connectivity index (χ3n) is 3.84. The summed E-state index contributed by atoms with van der Waals surface area (Å²) in [6.07, 6.45) is 2.37. The summed E-state index contributed by atoms with van der Waals surface area (Å²) >= 11 is 0. The fraction of sp³-hybridized carbons (Fsp3) is 0.294. The molecule has 0 aliphatic rings. The number of aryl methyl sites for hydroxylation is 1. The highest BCUT2D eigenvalue weighted by molar-refractivity contribution is 5.81. The van der Waals surface area contributed by atoms with Gasteiger partial charge in [-0.25, -0.2) is 4.68 Å². The van der Waals surface area contributed by atoms with Gasteiger partial charge in [-0.3, -0.25) is 9.59 Å². The van der Waals surface area contributed by atoms with Gasteiger partial charge in [-0.2, -0.15) is 5.10 Å². The SMILES string of the molecule is CCc1cc(CN(C)C(=O)Cn2ncc3ccccc3c2=O)on1. The average molecular weight is 326 g/mol. The number of aromatic nitrogens is 3. The van der Waals surface area contributed by atoms with E-state index in [4.69, 9.17) is 4.52 Å². The summed E-state index contributed by atoms with van der Waals surface area (Å²) < 4.78 is 6.36. The Hall–Kier alpha value is -2.96. The topological polar surface area (TPSA) is 81.2 Å². The van der Waals surface area contributed by atoms with E-state index in [1.165, 1.54) is 9.58 Å². The van der Waals surface area contributed by atoms with Gasteiger partial charge in [0.1, 0.15) is 6.54 Å². The van der Waals surface area contributed by atoms with Gasteiger partial charge in [-0.05, 0) is 12.5 Å². The number of carbonyl (C=O) groups is 1. The van der Waals surface area contributed by atoms with Crippen molar-refractivity contribution in [2.45, 2.75) is 26.4 Å². The lowest BCUT2D eigenvalue weighted by molar-refractivity contribution is -0.131. The second-order valence-electron chi connectivity index (χ2n) is 5.58. The molecule has 0 saturated heterocycles. The number of amides is 1. The molecule has 3 rings (SSSR count). The van der Waals surface area contributed by atoms with E-state index in [2.05, 4.69) is 10.3 Å². The van der Waals surface area contributed by atoms with Gasteiger partial charge in [0.15, 0.2) is 5.76 Å². The zero-order valence-corrected chi connectivity index (χ0v) is 13.6. The number of rotatable bonds is 5. The number of hydrogen-bond acceptors (Lipinski definition) is 5. The van der Waals surface area contributed by atoms with Gasteiger partial charge in [-0.1, -0.05) is 30.3 Å². The van der Waals surface area contributed by atoms with Crippen molar-refractivity contribution in [3.05, 3.63) is 58.3 Å². The summed E-state index contributed by atoms with van der Waals surface area (Å²) in [4.78, 5) is 26.2. The molecule has 0 spiro atoms. The molecule has 2 heterocycles. The third kappa shape index (κ3) is 3.19. The number of hydrogen-bond donors (Lipinski definition) is 0. The van der Waals surface area contributed by atoms with E-state index in [0.717, 1.165) is 17.5 Å². The lowest BCUT2D eigenvalue weighted by Crippen LogP contribution is -2.34. The molecule has 3 aromatic rings. The van der Waals surface area contributed by atoms with Crippen LogP contribution in [-0.4, -0.2) is 32.8 Å². The van der Waals surface area contributed by atoms with E-state index >= 15 is 0 Å². The number of carbonyl (C=O) groups excluding carboxylic acids is 1. The number of nitrogens with zero attached hydrogens (tertiary/aromatic N) is 4. The molecule has 0 atom stereocenters. The van der Waals surface area contributed by atoms with E-state index < -0.39 is 0 Å². The molecule has 0 fully saturated rings. The zero-order chi connectivity index (χ0) is 17.1. The summed E-state index contributed by atoms with van der Waals surface area (Å²) in [5, 5.41) is 9.28. The van der Waals surface area contributed by atoms with Gasteiger partial charge in [0.2, 0.25) is 5.91 Å². The smallest absolute Gasteiger partial charge is 0.275 e. The zero-order valence-electron chi connectivity index (χ0n) is 13.6. The maximum absolute atomic E-state index is 12.4. The van der Waals surface area contributed by atoms with Crippen LogP contribution in [0.4, 0.5) is 0 Å². The Morgan fingerprint density at radius 3 is 2.88 bits per heavy atom. The van der Waals surface area contributed by atoms with Crippen LogP contribution >= 0.6 is 0 Å². The van der Waals surface area contributed by atoms with Crippen molar-refractivity contribution >= 4 is 16.7 Å². The maximum Gasteiger partial charge on any atom is 0.275 e. The molecule has 1 aromatic carbocycles. The van der Waals surface area contributed by atoms with Crippen molar-refractivity contribution < 1.29 is 9.32 Å². The minimum atomic E-state index is -0.275. The quantitative estimate of drug-likeness (QED) is 0.711. The fourth-order valence-corrected chi connectivity index (χ4v) is 2.41. The average Bonchev–Trinajstić information content (AvgIpc) is 3.05. The Balaban J connectivity index is 1.74. The number of likely N-dealkylation sites (N-methyl/N-ethyl adjacent to an activating group) is 1. The van der Waals surface area contributed by atoms with Gasteiger partial charge in [0, 0.05) is 18.5 Å². The second-order valence-corrected chi connectivity index (χ2v) is 5.58. The van der Waals surface area contributed by atoms with Crippen LogP contribution in [0.15, 0.2) is 45.8 Å². The first-order chi connectivity index (χ1) is 11.6. The molecule has 124 valence electrons. The lowest BCUT2D eigenvalue weighted by Gasteiger charge is -2.15. The summed E-state index contributed by atoms with van der Waals surface area (Å²) in [5.41, 5.74) is 0.570. The van der Waals surface area contributed by atoms with E-state index in [0.29, 0.717) is 17.7 Å². The first-order valence-corrected chi connectivity index (χ1v) is 7.71. The molecule has 0 bridgehead atoms. The van der Waals surface area contributed by atoms with Crippen LogP contribution in [-0.2, 0) is 24.3 Å². The second kappa shape index (κ2) is 6.66. The Labute approximate surface area is 138 Å². The van der Waals surface area contributed by atoms with Crippen molar-refractivity contribution in [1.82, 2.24) is 19.8 Å². The molecule has 0 unspecified atom stereocenters. The summed E-state index contributed by atoms with van der Waals surface area (Å²) in [5.74, 6) is 0.385. The Kier molecular flexibility index (Phi) is 4.41. The standard InChI is InChI=1S/C17H18N4O3/c1-3-13-8-14(24-19-13)10-20(2)16(22)11-21-17(23)15-7-5-4-6-12(15)9-18-21/h4-9H,3,10-11H2,1-2H3. The Morgan fingerprint density at radius 1 is 1.33 bits per heavy atom. The van der Waals surface area contributed by atoms with Crippen molar-refractivity contribution in [2.75, 3.05) is 7.05 Å². The van der Waals surface area contributed by atoms with Crippen LogP contribution in [0.2, 0.25) is 0 Å². The molecule has 0 aliphatic carbocycles. The first-order valence-electron chi connectivity index (χ1n) is 7.71. The van der Waals surface area contributed by atoms with E-state index in [-0.39, 0.29) is 18.0 Å². The molecular formula is C17H18N4O3. The highest BCUT2D eigenvalue weighted by Gasteiger charge is 2.15. The van der Waals surface area contributed by atoms with Gasteiger partial charge < -0.3 is 9.42 Å². The van der Waals surface area contributed by atoms with Crippen molar-refractivity contribution in [2.24, 2.45) is 0 Å². The van der Waals surface area contributed by atoms with Crippen LogP contribution < -0.4 is 5.56 Å². The van der Waals surface area contributed by atoms with Crippen LogP contribution in [0.3, 0.4) is 0 Å². The molecule has 7 nitrogen and oxygen atoms in total. The molecule has 0 saturated carbocycles. The van der Waals surface area contributed by atoms with Gasteiger partial charge in [-0.15, -0.1) is 0 Å². The highest BCUT2D eigenvalue weighted by Crippen LogP contribution is 2.08. The molecule has 0 aliphatic heterocycles. The summed E-state index contributed by atoms with van der Waals surface area (Å²) in [6, 6.07) is 9.00. The van der Waals surface area contributed by atoms with E-state index in [9.17, 15) is 9.59 Å². The normalized spacial score (nSPS) is 10.9.